The molecule has 1 aromatic rings. The molecule has 4 N–H and O–H groups in total. The molecule has 154 valence electrons. The first-order valence-electron chi connectivity index (χ1n) is 8.90. The molecular weight excluding hydrogens is 369 g/mol. The molecule has 0 saturated heterocycles. The maximum absolute atomic E-state index is 13.1. The standard InChI is InChI=1S/C19H26FN3O5/c1-4-28-16(25)9-11(2)17(18(21)26)23-19(27)15(22-12(3)24)10-13-5-7-14(20)8-6-13/h5-8,11,15,17H,4,9-10H2,1-3H3,(H2,21,26)(H,22,24)(H,23,27)/t11-,15+,17-/m1/s1. The van der Waals surface area contributed by atoms with Crippen molar-refractivity contribution >= 4 is 23.7 Å². The van der Waals surface area contributed by atoms with Gasteiger partial charge in [-0.25, -0.2) is 4.39 Å². The predicted molar refractivity (Wildman–Crippen MR) is 99.2 cm³/mol. The summed E-state index contributed by atoms with van der Waals surface area (Å²) < 4.78 is 17.9. The van der Waals surface area contributed by atoms with Gasteiger partial charge in [-0.2, -0.15) is 0 Å². The Morgan fingerprint density at radius 2 is 1.75 bits per heavy atom. The van der Waals surface area contributed by atoms with Crippen LogP contribution in [0.15, 0.2) is 24.3 Å². The molecule has 0 aliphatic heterocycles. The number of nitrogens with one attached hydrogen (secondary N) is 2. The molecule has 0 unspecified atom stereocenters. The monoisotopic (exact) mass is 395 g/mol. The van der Waals surface area contributed by atoms with Gasteiger partial charge < -0.3 is 21.1 Å². The van der Waals surface area contributed by atoms with Crippen molar-refractivity contribution in [1.82, 2.24) is 10.6 Å². The van der Waals surface area contributed by atoms with Gasteiger partial charge in [0.1, 0.15) is 17.9 Å². The van der Waals surface area contributed by atoms with Gasteiger partial charge in [0.15, 0.2) is 0 Å². The van der Waals surface area contributed by atoms with Crippen molar-refractivity contribution in [3.8, 4) is 0 Å². The van der Waals surface area contributed by atoms with Gasteiger partial charge >= 0.3 is 5.97 Å². The van der Waals surface area contributed by atoms with Crippen molar-refractivity contribution in [3.63, 3.8) is 0 Å². The third-order valence-electron chi connectivity index (χ3n) is 4.01. The van der Waals surface area contributed by atoms with Crippen LogP contribution in [0.5, 0.6) is 0 Å². The Bertz CT molecular complexity index is 708. The van der Waals surface area contributed by atoms with E-state index in [0.717, 1.165) is 0 Å². The molecule has 0 radical (unpaired) electrons. The Labute approximate surface area is 163 Å². The minimum absolute atomic E-state index is 0.0867. The predicted octanol–water partition coefficient (Wildman–Crippen LogP) is 0.432. The van der Waals surface area contributed by atoms with Crippen molar-refractivity contribution in [3.05, 3.63) is 35.6 Å². The van der Waals surface area contributed by atoms with Gasteiger partial charge in [0.2, 0.25) is 17.7 Å². The summed E-state index contributed by atoms with van der Waals surface area (Å²) in [5.41, 5.74) is 5.99. The van der Waals surface area contributed by atoms with E-state index < -0.39 is 47.5 Å². The Morgan fingerprint density at radius 3 is 2.25 bits per heavy atom. The molecule has 3 atom stereocenters. The van der Waals surface area contributed by atoms with Crippen LogP contribution in [0.25, 0.3) is 0 Å². The summed E-state index contributed by atoms with van der Waals surface area (Å²) in [5.74, 6) is -3.44. The van der Waals surface area contributed by atoms with Gasteiger partial charge in [-0.05, 0) is 30.5 Å². The molecule has 0 aliphatic carbocycles. The molecule has 1 aromatic carbocycles. The zero-order valence-corrected chi connectivity index (χ0v) is 16.2. The van der Waals surface area contributed by atoms with Crippen LogP contribution in [0, 0.1) is 11.7 Å². The third-order valence-corrected chi connectivity index (χ3v) is 4.01. The highest BCUT2D eigenvalue weighted by atomic mass is 19.1. The van der Waals surface area contributed by atoms with Crippen molar-refractivity contribution in [1.29, 1.82) is 0 Å². The number of hydrogen-bond acceptors (Lipinski definition) is 5. The lowest BCUT2D eigenvalue weighted by Crippen LogP contribution is -2.55. The van der Waals surface area contributed by atoms with Crippen molar-refractivity contribution in [2.24, 2.45) is 11.7 Å². The van der Waals surface area contributed by atoms with Crippen LogP contribution in [0.3, 0.4) is 0 Å². The van der Waals surface area contributed by atoms with Gasteiger partial charge in [0.25, 0.3) is 0 Å². The quantitative estimate of drug-likeness (QED) is 0.495. The second-order valence-electron chi connectivity index (χ2n) is 6.46. The molecule has 0 heterocycles. The highest BCUT2D eigenvalue weighted by Crippen LogP contribution is 2.11. The molecular formula is C19H26FN3O5. The lowest BCUT2D eigenvalue weighted by molar-refractivity contribution is -0.145. The van der Waals surface area contributed by atoms with Crippen molar-refractivity contribution < 1.29 is 28.3 Å². The number of halogens is 1. The first-order valence-corrected chi connectivity index (χ1v) is 8.90. The Hall–Kier alpha value is -2.97. The van der Waals surface area contributed by atoms with E-state index in [0.29, 0.717) is 5.56 Å². The van der Waals surface area contributed by atoms with Gasteiger partial charge in [0, 0.05) is 13.3 Å². The second-order valence-corrected chi connectivity index (χ2v) is 6.46. The van der Waals surface area contributed by atoms with Gasteiger partial charge in [-0.3, -0.25) is 19.2 Å². The average Bonchev–Trinajstić information content (AvgIpc) is 2.60. The summed E-state index contributed by atoms with van der Waals surface area (Å²) in [4.78, 5) is 47.5. The summed E-state index contributed by atoms with van der Waals surface area (Å²) in [6.07, 6.45) is -0.0199. The minimum atomic E-state index is -1.12. The number of benzene rings is 1. The fourth-order valence-corrected chi connectivity index (χ4v) is 2.66. The molecule has 8 nitrogen and oxygen atoms in total. The molecule has 28 heavy (non-hydrogen) atoms. The molecule has 0 aromatic heterocycles. The van der Waals surface area contributed by atoms with E-state index in [9.17, 15) is 23.6 Å². The number of amides is 3. The van der Waals surface area contributed by atoms with Crippen LogP contribution in [0.2, 0.25) is 0 Å². The topological polar surface area (TPSA) is 128 Å². The zero-order valence-electron chi connectivity index (χ0n) is 16.2. The number of esters is 1. The Kier molecular flexibility index (Phi) is 9.07. The summed E-state index contributed by atoms with van der Waals surface area (Å²) >= 11 is 0. The Balaban J connectivity index is 2.89. The van der Waals surface area contributed by atoms with E-state index in [1.54, 1.807) is 13.8 Å². The number of hydrogen-bond donors (Lipinski definition) is 3. The van der Waals surface area contributed by atoms with E-state index in [4.69, 9.17) is 10.5 Å². The molecule has 0 fully saturated rings. The zero-order chi connectivity index (χ0) is 21.3. The highest BCUT2D eigenvalue weighted by molar-refractivity contribution is 5.91. The van der Waals surface area contributed by atoms with Crippen LogP contribution < -0.4 is 16.4 Å². The van der Waals surface area contributed by atoms with Gasteiger partial charge in [-0.1, -0.05) is 19.1 Å². The minimum Gasteiger partial charge on any atom is -0.466 e. The SMILES string of the molecule is CCOC(=O)C[C@@H](C)[C@@H](NC(=O)[C@H](Cc1ccc(F)cc1)NC(C)=O)C(N)=O. The summed E-state index contributed by atoms with van der Waals surface area (Å²) in [6.45, 7) is 4.69. The number of nitrogens with two attached hydrogens (primary N) is 1. The number of carbonyl (C=O) groups excluding carboxylic acids is 4. The number of primary amides is 1. The van der Waals surface area contributed by atoms with Gasteiger partial charge in [0.05, 0.1) is 13.0 Å². The molecule has 0 spiro atoms. The number of ether oxygens (including phenoxy) is 1. The fourth-order valence-electron chi connectivity index (χ4n) is 2.66. The molecule has 3 amide bonds. The van der Waals surface area contributed by atoms with E-state index in [1.807, 2.05) is 0 Å². The number of carbonyl (C=O) groups is 4. The van der Waals surface area contributed by atoms with Crippen LogP contribution >= 0.6 is 0 Å². The van der Waals surface area contributed by atoms with Crippen molar-refractivity contribution in [2.75, 3.05) is 6.61 Å². The fraction of sp³-hybridized carbons (Fsp3) is 0.474. The van der Waals surface area contributed by atoms with Crippen molar-refractivity contribution in [2.45, 2.75) is 45.7 Å². The van der Waals surface area contributed by atoms with E-state index >= 15 is 0 Å². The smallest absolute Gasteiger partial charge is 0.306 e. The molecule has 1 rings (SSSR count). The van der Waals surface area contributed by atoms with Gasteiger partial charge in [-0.15, -0.1) is 0 Å². The van der Waals surface area contributed by atoms with Crippen LogP contribution in [0.1, 0.15) is 32.8 Å². The molecule has 0 aliphatic rings. The first kappa shape index (κ1) is 23.1. The first-order chi connectivity index (χ1) is 13.1. The highest BCUT2D eigenvalue weighted by Gasteiger charge is 2.30. The Morgan fingerprint density at radius 1 is 1.14 bits per heavy atom. The van der Waals surface area contributed by atoms with E-state index in [-0.39, 0.29) is 19.4 Å². The molecule has 9 heteroatoms. The average molecular weight is 395 g/mol. The van der Waals surface area contributed by atoms with Crippen LogP contribution in [-0.4, -0.2) is 42.4 Å². The maximum Gasteiger partial charge on any atom is 0.306 e. The summed E-state index contributed by atoms with van der Waals surface area (Å²) in [7, 11) is 0. The second kappa shape index (κ2) is 11.0. The van der Waals surface area contributed by atoms with E-state index in [1.165, 1.54) is 31.2 Å². The summed E-state index contributed by atoms with van der Waals surface area (Å²) in [6, 6.07) is 3.34. The number of rotatable bonds is 10. The van der Waals surface area contributed by atoms with Crippen LogP contribution in [0.4, 0.5) is 4.39 Å². The molecule has 0 bridgehead atoms. The van der Waals surface area contributed by atoms with Crippen LogP contribution in [-0.2, 0) is 30.3 Å². The molecule has 0 saturated carbocycles. The maximum atomic E-state index is 13.1. The largest absolute Gasteiger partial charge is 0.466 e. The third kappa shape index (κ3) is 7.73. The normalized spacial score (nSPS) is 13.7. The summed E-state index contributed by atoms with van der Waals surface area (Å²) in [5, 5.41) is 4.99. The lowest BCUT2D eigenvalue weighted by atomic mass is 9.96. The van der Waals surface area contributed by atoms with E-state index in [2.05, 4.69) is 10.6 Å². The lowest BCUT2D eigenvalue weighted by Gasteiger charge is -2.25.